The number of aliphatic hydroxyl groups is 1. The Hall–Kier alpha value is -1.36. The summed E-state index contributed by atoms with van der Waals surface area (Å²) in [5.74, 6) is -0.584. The van der Waals surface area contributed by atoms with Crippen LogP contribution in [0.15, 0.2) is 12.2 Å². The Bertz CT molecular complexity index is 647. The van der Waals surface area contributed by atoms with E-state index in [-0.39, 0.29) is 25.2 Å². The van der Waals surface area contributed by atoms with E-state index in [2.05, 4.69) is 26.0 Å². The Kier molecular flexibility index (Phi) is 36.0. The van der Waals surface area contributed by atoms with Crippen molar-refractivity contribution < 1.29 is 24.2 Å². The van der Waals surface area contributed by atoms with E-state index in [1.807, 2.05) is 0 Å². The number of allylic oxidation sites excluding steroid dienone is 2. The first-order valence-electron chi connectivity index (χ1n) is 19.7. The third-order valence-electron chi connectivity index (χ3n) is 8.81. The largest absolute Gasteiger partial charge is 0.462 e. The molecule has 0 rings (SSSR count). The van der Waals surface area contributed by atoms with Gasteiger partial charge in [0.2, 0.25) is 0 Å². The zero-order valence-corrected chi connectivity index (χ0v) is 30.1. The first kappa shape index (κ1) is 43.6. The van der Waals surface area contributed by atoms with Crippen molar-refractivity contribution in [2.45, 2.75) is 219 Å². The Morgan fingerprint density at radius 1 is 0.489 bits per heavy atom. The smallest absolute Gasteiger partial charge is 0.306 e. The third-order valence-corrected chi connectivity index (χ3v) is 8.81. The molecule has 0 amide bonds. The van der Waals surface area contributed by atoms with Crippen molar-refractivity contribution in [2.24, 2.45) is 0 Å². The molecule has 0 aliphatic carbocycles. The maximum atomic E-state index is 12.2. The molecule has 0 saturated heterocycles. The quantitative estimate of drug-likeness (QED) is 0.0421. The zero-order chi connectivity index (χ0) is 32.9. The van der Waals surface area contributed by atoms with Gasteiger partial charge < -0.3 is 14.6 Å². The molecule has 45 heavy (non-hydrogen) atoms. The van der Waals surface area contributed by atoms with Gasteiger partial charge in [-0.2, -0.15) is 0 Å². The Balaban J connectivity index is 3.51. The molecule has 0 aromatic rings. The highest BCUT2D eigenvalue weighted by Gasteiger charge is 2.16. The van der Waals surface area contributed by atoms with Gasteiger partial charge in [-0.1, -0.05) is 174 Å². The molecular formula is C40H76O5. The Morgan fingerprint density at radius 2 is 0.822 bits per heavy atom. The highest BCUT2D eigenvalue weighted by Crippen LogP contribution is 2.14. The van der Waals surface area contributed by atoms with E-state index in [4.69, 9.17) is 9.47 Å². The van der Waals surface area contributed by atoms with Crippen LogP contribution in [-0.2, 0) is 19.1 Å². The second-order valence-corrected chi connectivity index (χ2v) is 13.4. The number of unbranched alkanes of at least 4 members (excludes halogenated alkanes) is 26. The van der Waals surface area contributed by atoms with Crippen molar-refractivity contribution in [2.75, 3.05) is 13.2 Å². The number of rotatable bonds is 36. The van der Waals surface area contributed by atoms with Crippen LogP contribution >= 0.6 is 0 Å². The molecule has 5 nitrogen and oxygen atoms in total. The normalized spacial score (nSPS) is 12.2. The Labute approximate surface area is 280 Å². The molecular weight excluding hydrogens is 560 g/mol. The second-order valence-electron chi connectivity index (χ2n) is 13.4. The van der Waals surface area contributed by atoms with Crippen LogP contribution < -0.4 is 0 Å². The van der Waals surface area contributed by atoms with Crippen LogP contribution in [0.1, 0.15) is 213 Å². The van der Waals surface area contributed by atoms with Gasteiger partial charge in [0.25, 0.3) is 0 Å². The van der Waals surface area contributed by atoms with E-state index in [0.717, 1.165) is 38.5 Å². The molecule has 0 fully saturated rings. The summed E-state index contributed by atoms with van der Waals surface area (Å²) in [5, 5.41) is 9.54. The summed E-state index contributed by atoms with van der Waals surface area (Å²) in [4.78, 5) is 24.2. The molecule has 0 saturated carbocycles. The second kappa shape index (κ2) is 37.1. The van der Waals surface area contributed by atoms with Gasteiger partial charge in [-0.25, -0.2) is 0 Å². The average molecular weight is 637 g/mol. The van der Waals surface area contributed by atoms with Crippen molar-refractivity contribution in [3.8, 4) is 0 Å². The molecule has 0 heterocycles. The summed E-state index contributed by atoms with van der Waals surface area (Å²) in [7, 11) is 0. The summed E-state index contributed by atoms with van der Waals surface area (Å²) in [5.41, 5.74) is 0. The molecule has 0 aromatic carbocycles. The van der Waals surface area contributed by atoms with Crippen LogP contribution in [0.5, 0.6) is 0 Å². The SMILES string of the molecule is CCCCCCCC/C=C\CCCCCCCCCCCC(=O)O[C@@H](CO)COC(=O)CCCCCCCCCCCCCC. The lowest BCUT2D eigenvalue weighted by Gasteiger charge is -2.15. The predicted molar refractivity (Wildman–Crippen MR) is 192 cm³/mol. The standard InChI is InChI=1S/C40H76O5/c1-3-5-7-9-11-13-15-17-18-19-20-21-22-23-25-27-29-31-33-35-40(43)45-38(36-41)37-44-39(42)34-32-30-28-26-24-16-14-12-10-8-6-4-2/h17-18,38,41H,3-16,19-37H2,1-2H3/b18-17-/t38-/m0/s1. The molecule has 266 valence electrons. The van der Waals surface area contributed by atoms with Gasteiger partial charge >= 0.3 is 11.9 Å². The minimum Gasteiger partial charge on any atom is -0.462 e. The van der Waals surface area contributed by atoms with E-state index in [9.17, 15) is 14.7 Å². The molecule has 1 N–H and O–H groups in total. The molecule has 1 atom stereocenters. The van der Waals surface area contributed by atoms with E-state index in [1.165, 1.54) is 148 Å². The summed E-state index contributed by atoms with van der Waals surface area (Å²) in [6, 6.07) is 0. The maximum absolute atomic E-state index is 12.2. The Morgan fingerprint density at radius 3 is 1.20 bits per heavy atom. The monoisotopic (exact) mass is 637 g/mol. The van der Waals surface area contributed by atoms with Crippen LogP contribution in [0.25, 0.3) is 0 Å². The molecule has 0 aromatic heterocycles. The summed E-state index contributed by atoms with van der Waals surface area (Å²) in [6.07, 6.45) is 41.3. The van der Waals surface area contributed by atoms with E-state index < -0.39 is 6.10 Å². The minimum atomic E-state index is -0.765. The van der Waals surface area contributed by atoms with E-state index >= 15 is 0 Å². The van der Waals surface area contributed by atoms with Gasteiger partial charge in [-0.05, 0) is 38.5 Å². The number of esters is 2. The third kappa shape index (κ3) is 35.3. The van der Waals surface area contributed by atoms with Gasteiger partial charge in [0.1, 0.15) is 6.61 Å². The fraction of sp³-hybridized carbons (Fsp3) is 0.900. The number of hydrogen-bond acceptors (Lipinski definition) is 5. The molecule has 0 aliphatic rings. The maximum Gasteiger partial charge on any atom is 0.306 e. The summed E-state index contributed by atoms with van der Waals surface area (Å²) >= 11 is 0. The summed E-state index contributed by atoms with van der Waals surface area (Å²) in [6.45, 7) is 4.14. The highest BCUT2D eigenvalue weighted by molar-refractivity contribution is 5.70. The van der Waals surface area contributed by atoms with Crippen molar-refractivity contribution in [1.82, 2.24) is 0 Å². The van der Waals surface area contributed by atoms with Crippen LogP contribution in [0.3, 0.4) is 0 Å². The van der Waals surface area contributed by atoms with Gasteiger partial charge in [0.15, 0.2) is 6.10 Å². The molecule has 0 bridgehead atoms. The molecule has 0 spiro atoms. The number of hydrogen-bond donors (Lipinski definition) is 1. The molecule has 0 radical (unpaired) electrons. The lowest BCUT2D eigenvalue weighted by molar-refractivity contribution is -0.161. The van der Waals surface area contributed by atoms with Gasteiger partial charge in [-0.15, -0.1) is 0 Å². The van der Waals surface area contributed by atoms with Crippen LogP contribution in [-0.4, -0.2) is 36.4 Å². The van der Waals surface area contributed by atoms with Crippen molar-refractivity contribution in [3.63, 3.8) is 0 Å². The number of ether oxygens (including phenoxy) is 2. The number of aliphatic hydroxyl groups excluding tert-OH is 1. The fourth-order valence-electron chi connectivity index (χ4n) is 5.78. The number of carbonyl (C=O) groups is 2. The first-order valence-corrected chi connectivity index (χ1v) is 19.7. The van der Waals surface area contributed by atoms with Gasteiger partial charge in [0.05, 0.1) is 6.61 Å². The zero-order valence-electron chi connectivity index (χ0n) is 30.1. The van der Waals surface area contributed by atoms with Gasteiger partial charge in [0, 0.05) is 12.8 Å². The lowest BCUT2D eigenvalue weighted by atomic mass is 10.0. The van der Waals surface area contributed by atoms with Crippen LogP contribution in [0, 0.1) is 0 Å². The first-order chi connectivity index (χ1) is 22.1. The summed E-state index contributed by atoms with van der Waals surface area (Å²) < 4.78 is 10.6. The molecule has 5 heteroatoms. The van der Waals surface area contributed by atoms with Crippen molar-refractivity contribution in [1.29, 1.82) is 0 Å². The minimum absolute atomic E-state index is 0.0607. The van der Waals surface area contributed by atoms with Crippen molar-refractivity contribution >= 4 is 11.9 Å². The predicted octanol–water partition coefficient (Wildman–Crippen LogP) is 12.1. The van der Waals surface area contributed by atoms with Gasteiger partial charge in [-0.3, -0.25) is 9.59 Å². The topological polar surface area (TPSA) is 72.8 Å². The fourth-order valence-corrected chi connectivity index (χ4v) is 5.78. The van der Waals surface area contributed by atoms with Crippen molar-refractivity contribution in [3.05, 3.63) is 12.2 Å². The van der Waals surface area contributed by atoms with Crippen LogP contribution in [0.4, 0.5) is 0 Å². The van der Waals surface area contributed by atoms with E-state index in [1.54, 1.807) is 0 Å². The highest BCUT2D eigenvalue weighted by atomic mass is 16.6. The molecule has 0 unspecified atom stereocenters. The number of carbonyl (C=O) groups excluding carboxylic acids is 2. The van der Waals surface area contributed by atoms with E-state index in [0.29, 0.717) is 12.8 Å². The lowest BCUT2D eigenvalue weighted by Crippen LogP contribution is -2.28. The van der Waals surface area contributed by atoms with Crippen LogP contribution in [0.2, 0.25) is 0 Å². The average Bonchev–Trinajstić information content (AvgIpc) is 3.04. The molecule has 0 aliphatic heterocycles.